The highest BCUT2D eigenvalue weighted by molar-refractivity contribution is 6.30. The Morgan fingerprint density at radius 1 is 1.53 bits per heavy atom. The van der Waals surface area contributed by atoms with Crippen LogP contribution >= 0.6 is 11.6 Å². The smallest absolute Gasteiger partial charge is 0.339 e. The van der Waals surface area contributed by atoms with Gasteiger partial charge in [0.05, 0.1) is 5.56 Å². The van der Waals surface area contributed by atoms with Gasteiger partial charge >= 0.3 is 5.97 Å². The van der Waals surface area contributed by atoms with E-state index >= 15 is 0 Å². The molecule has 0 radical (unpaired) electrons. The summed E-state index contributed by atoms with van der Waals surface area (Å²) in [6, 6.07) is 4.59. The van der Waals surface area contributed by atoms with Gasteiger partial charge in [-0.15, -0.1) is 0 Å². The fourth-order valence-corrected chi connectivity index (χ4v) is 1.69. The van der Waals surface area contributed by atoms with Gasteiger partial charge in [-0.25, -0.2) is 4.79 Å². The van der Waals surface area contributed by atoms with Crippen LogP contribution < -0.4 is 0 Å². The van der Waals surface area contributed by atoms with Crippen LogP contribution in [0.3, 0.4) is 0 Å². The minimum absolute atomic E-state index is 0.353. The number of halogens is 1. The average molecular weight is 228 g/mol. The normalized spacial score (nSPS) is 18.5. The molecule has 0 spiro atoms. The van der Waals surface area contributed by atoms with Gasteiger partial charge in [-0.1, -0.05) is 11.6 Å². The molecule has 1 atom stereocenters. The summed E-state index contributed by atoms with van der Waals surface area (Å²) in [6.07, 6.45) is -0.818. The summed E-state index contributed by atoms with van der Waals surface area (Å²) < 4.78 is 4.86. The lowest BCUT2D eigenvalue weighted by atomic mass is 10.1. The zero-order chi connectivity index (χ0) is 11.0. The molecule has 1 aliphatic heterocycles. The van der Waals surface area contributed by atoms with Crippen LogP contribution in [0.15, 0.2) is 18.2 Å². The zero-order valence-corrected chi connectivity index (χ0v) is 8.23. The molecule has 0 N–H and O–H groups in total. The predicted octanol–water partition coefficient (Wildman–Crippen LogP) is 1.83. The van der Waals surface area contributed by atoms with E-state index in [1.165, 1.54) is 12.1 Å². The van der Waals surface area contributed by atoms with Gasteiger partial charge in [0.15, 0.2) is 6.10 Å². The molecule has 78 valence electrons. The molecule has 1 heterocycles. The summed E-state index contributed by atoms with van der Waals surface area (Å²) in [5.74, 6) is -0.534. The van der Waals surface area contributed by atoms with Gasteiger partial charge in [0.2, 0.25) is 6.54 Å². The summed E-state index contributed by atoms with van der Waals surface area (Å²) in [4.78, 5) is 21.1. The maximum Gasteiger partial charge on any atom is 0.339 e. The van der Waals surface area contributed by atoms with Crippen LogP contribution in [0.5, 0.6) is 0 Å². The quantitative estimate of drug-likeness (QED) is 0.439. The number of ether oxygens (including phenoxy) is 1. The van der Waals surface area contributed by atoms with E-state index in [2.05, 4.69) is 0 Å². The number of cyclic esters (lactones) is 1. The van der Waals surface area contributed by atoms with E-state index in [1.807, 2.05) is 0 Å². The van der Waals surface area contributed by atoms with Crippen molar-refractivity contribution in [3.8, 4) is 0 Å². The van der Waals surface area contributed by atoms with Crippen LogP contribution in [0.1, 0.15) is 22.0 Å². The first kappa shape index (κ1) is 9.92. The number of hydrogen-bond donors (Lipinski definition) is 0. The van der Waals surface area contributed by atoms with E-state index in [0.717, 1.165) is 0 Å². The Kier molecular flexibility index (Phi) is 2.32. The molecule has 15 heavy (non-hydrogen) atoms. The summed E-state index contributed by atoms with van der Waals surface area (Å²) in [6.45, 7) is -0.431. The molecule has 2 rings (SSSR count). The molecule has 0 amide bonds. The lowest BCUT2D eigenvalue weighted by Crippen LogP contribution is -2.12. The largest absolute Gasteiger partial charge is 0.447 e. The van der Waals surface area contributed by atoms with E-state index < -0.39 is 23.5 Å². The Labute approximate surface area is 89.8 Å². The number of rotatable bonds is 2. The fraction of sp³-hybridized carbons (Fsp3) is 0.222. The maximum absolute atomic E-state index is 11.3. The molecule has 0 aromatic heterocycles. The van der Waals surface area contributed by atoms with Gasteiger partial charge < -0.3 is 4.74 Å². The lowest BCUT2D eigenvalue weighted by molar-refractivity contribution is -0.490. The standard InChI is InChI=1S/C9H6ClNO4/c10-5-1-2-6-7(3-5)8(4-11(13)14)15-9(6)12/h1-3,8H,4H2. The summed E-state index contributed by atoms with van der Waals surface area (Å²) >= 11 is 5.74. The van der Waals surface area contributed by atoms with E-state index in [0.29, 0.717) is 16.1 Å². The zero-order valence-electron chi connectivity index (χ0n) is 7.47. The maximum atomic E-state index is 11.3. The lowest BCUT2D eigenvalue weighted by Gasteiger charge is -2.04. The van der Waals surface area contributed by atoms with Gasteiger partial charge in [0, 0.05) is 15.5 Å². The van der Waals surface area contributed by atoms with Crippen LogP contribution in [0.4, 0.5) is 0 Å². The third-order valence-electron chi connectivity index (χ3n) is 2.14. The first-order valence-electron chi connectivity index (χ1n) is 4.20. The van der Waals surface area contributed by atoms with Gasteiger partial charge in [-0.3, -0.25) is 10.1 Å². The Morgan fingerprint density at radius 3 is 2.93 bits per heavy atom. The van der Waals surface area contributed by atoms with Gasteiger partial charge in [0.25, 0.3) is 0 Å². The average Bonchev–Trinajstić information content (AvgIpc) is 2.42. The van der Waals surface area contributed by atoms with Crippen molar-refractivity contribution in [2.75, 3.05) is 6.54 Å². The molecule has 1 aromatic rings. The van der Waals surface area contributed by atoms with Crippen molar-refractivity contribution in [3.05, 3.63) is 44.5 Å². The van der Waals surface area contributed by atoms with Crippen molar-refractivity contribution in [2.24, 2.45) is 0 Å². The van der Waals surface area contributed by atoms with Crippen LogP contribution in [-0.4, -0.2) is 17.4 Å². The second-order valence-electron chi connectivity index (χ2n) is 3.14. The number of benzene rings is 1. The Balaban J connectivity index is 2.39. The molecule has 1 aliphatic rings. The monoisotopic (exact) mass is 227 g/mol. The summed E-state index contributed by atoms with van der Waals surface area (Å²) in [5.41, 5.74) is 0.843. The Bertz CT molecular complexity index is 444. The molecule has 1 unspecified atom stereocenters. The van der Waals surface area contributed by atoms with Crippen molar-refractivity contribution in [1.82, 2.24) is 0 Å². The summed E-state index contributed by atoms with van der Waals surface area (Å²) in [5, 5.41) is 10.8. The summed E-state index contributed by atoms with van der Waals surface area (Å²) in [7, 11) is 0. The van der Waals surface area contributed by atoms with Gasteiger partial charge in [-0.2, -0.15) is 0 Å². The minimum Gasteiger partial charge on any atom is -0.447 e. The second kappa shape index (κ2) is 3.51. The molecule has 0 fully saturated rings. The number of carbonyl (C=O) groups excluding carboxylic acids is 1. The Hall–Kier alpha value is -1.62. The minimum atomic E-state index is -0.818. The number of carbonyl (C=O) groups is 1. The van der Waals surface area contributed by atoms with Crippen LogP contribution in [0.2, 0.25) is 5.02 Å². The molecule has 6 heteroatoms. The number of hydrogen-bond acceptors (Lipinski definition) is 4. The topological polar surface area (TPSA) is 69.4 Å². The third kappa shape index (κ3) is 1.78. The van der Waals surface area contributed by atoms with Crippen molar-refractivity contribution in [3.63, 3.8) is 0 Å². The van der Waals surface area contributed by atoms with Crippen molar-refractivity contribution < 1.29 is 14.5 Å². The SMILES string of the molecule is O=C1OC(C[N+](=O)[O-])c2cc(Cl)ccc21. The van der Waals surface area contributed by atoms with Crippen LogP contribution in [0.25, 0.3) is 0 Å². The molecule has 0 bridgehead atoms. The first-order chi connectivity index (χ1) is 7.08. The molecule has 1 aromatic carbocycles. The second-order valence-corrected chi connectivity index (χ2v) is 3.58. The van der Waals surface area contributed by atoms with Gasteiger partial charge in [0.1, 0.15) is 0 Å². The van der Waals surface area contributed by atoms with E-state index in [4.69, 9.17) is 16.3 Å². The van der Waals surface area contributed by atoms with Crippen LogP contribution in [0, 0.1) is 10.1 Å². The van der Waals surface area contributed by atoms with Crippen molar-refractivity contribution in [1.29, 1.82) is 0 Å². The molecule has 0 aliphatic carbocycles. The molecular formula is C9H6ClNO4. The molecule has 5 nitrogen and oxygen atoms in total. The number of fused-ring (bicyclic) bond motifs is 1. The number of nitro groups is 1. The van der Waals surface area contributed by atoms with Crippen LogP contribution in [-0.2, 0) is 4.74 Å². The first-order valence-corrected chi connectivity index (χ1v) is 4.58. The van der Waals surface area contributed by atoms with Crippen molar-refractivity contribution in [2.45, 2.75) is 6.10 Å². The van der Waals surface area contributed by atoms with E-state index in [1.54, 1.807) is 6.07 Å². The fourth-order valence-electron chi connectivity index (χ4n) is 1.51. The molecule has 0 saturated carbocycles. The van der Waals surface area contributed by atoms with E-state index in [9.17, 15) is 14.9 Å². The van der Waals surface area contributed by atoms with Gasteiger partial charge in [-0.05, 0) is 18.2 Å². The van der Waals surface area contributed by atoms with E-state index in [-0.39, 0.29) is 0 Å². The molecular weight excluding hydrogens is 222 g/mol. The predicted molar refractivity (Wildman–Crippen MR) is 51.5 cm³/mol. The third-order valence-corrected chi connectivity index (χ3v) is 2.38. The highest BCUT2D eigenvalue weighted by atomic mass is 35.5. The highest BCUT2D eigenvalue weighted by Crippen LogP contribution is 2.32. The Morgan fingerprint density at radius 2 is 2.27 bits per heavy atom. The molecule has 0 saturated heterocycles. The number of esters is 1. The highest BCUT2D eigenvalue weighted by Gasteiger charge is 2.34. The van der Waals surface area contributed by atoms with Crippen molar-refractivity contribution >= 4 is 17.6 Å². The number of nitrogens with zero attached hydrogens (tertiary/aromatic N) is 1.